The monoisotopic (exact) mass is 234 g/mol. The minimum atomic E-state index is 0.0184. The molecule has 0 radical (unpaired) electrons. The number of likely N-dealkylation sites (N-methyl/N-ethyl adjacent to an activating group) is 1. The lowest BCUT2D eigenvalue weighted by Crippen LogP contribution is -2.20. The van der Waals surface area contributed by atoms with E-state index in [1.54, 1.807) is 4.90 Å². The average molecular weight is 234 g/mol. The van der Waals surface area contributed by atoms with Crippen LogP contribution in [0.25, 0.3) is 0 Å². The highest BCUT2D eigenvalue weighted by molar-refractivity contribution is 6.00. The van der Waals surface area contributed by atoms with E-state index in [2.05, 4.69) is 6.07 Å². The number of benzene rings is 1. The molecular weight excluding hydrogens is 216 g/mol. The zero-order valence-corrected chi connectivity index (χ0v) is 10.3. The fraction of sp³-hybridized carbons (Fsp3) is 0.462. The van der Waals surface area contributed by atoms with E-state index < -0.39 is 0 Å². The van der Waals surface area contributed by atoms with E-state index in [1.807, 2.05) is 26.1 Å². The van der Waals surface area contributed by atoms with Crippen LogP contribution in [-0.2, 0) is 16.0 Å². The molecule has 2 rings (SSSR count). The van der Waals surface area contributed by atoms with Gasteiger partial charge in [0, 0.05) is 19.3 Å². The molecule has 2 N–H and O–H groups in total. The highest BCUT2D eigenvalue weighted by atomic mass is 16.5. The van der Waals surface area contributed by atoms with Crippen LogP contribution in [0.5, 0.6) is 0 Å². The second kappa shape index (κ2) is 4.85. The maximum atomic E-state index is 11.6. The Balaban J connectivity index is 2.18. The van der Waals surface area contributed by atoms with Gasteiger partial charge in [-0.1, -0.05) is 12.1 Å². The van der Waals surface area contributed by atoms with Crippen LogP contribution in [0.1, 0.15) is 24.2 Å². The van der Waals surface area contributed by atoms with Gasteiger partial charge in [0.2, 0.25) is 5.91 Å². The summed E-state index contributed by atoms with van der Waals surface area (Å²) in [5, 5.41) is 0. The van der Waals surface area contributed by atoms with Gasteiger partial charge in [-0.05, 0) is 24.1 Å². The third kappa shape index (κ3) is 2.33. The third-order valence-electron chi connectivity index (χ3n) is 3.14. The molecule has 0 aromatic heterocycles. The molecule has 17 heavy (non-hydrogen) atoms. The van der Waals surface area contributed by atoms with Crippen molar-refractivity contribution in [1.29, 1.82) is 0 Å². The van der Waals surface area contributed by atoms with E-state index in [0.717, 1.165) is 16.8 Å². The highest BCUT2D eigenvalue weighted by Gasteiger charge is 2.24. The second-order valence-corrected chi connectivity index (χ2v) is 4.32. The minimum absolute atomic E-state index is 0.0184. The standard InChI is InChI=1S/C13H18N2O2/c1-9(17-6-5-14)10-3-4-12-11(7-10)8-13(16)15(12)2/h3-4,7,9H,5-6,8,14H2,1-2H3. The summed E-state index contributed by atoms with van der Waals surface area (Å²) in [4.78, 5) is 13.3. The Hall–Kier alpha value is -1.39. The lowest BCUT2D eigenvalue weighted by Gasteiger charge is -2.15. The smallest absolute Gasteiger partial charge is 0.231 e. The summed E-state index contributed by atoms with van der Waals surface area (Å²) >= 11 is 0. The van der Waals surface area contributed by atoms with Gasteiger partial charge in [-0.2, -0.15) is 0 Å². The van der Waals surface area contributed by atoms with Gasteiger partial charge in [0.25, 0.3) is 0 Å². The van der Waals surface area contributed by atoms with Crippen molar-refractivity contribution in [3.8, 4) is 0 Å². The first-order chi connectivity index (χ1) is 8.13. The van der Waals surface area contributed by atoms with Gasteiger partial charge in [-0.15, -0.1) is 0 Å². The average Bonchev–Trinajstić information content (AvgIpc) is 2.61. The zero-order chi connectivity index (χ0) is 12.4. The van der Waals surface area contributed by atoms with Crippen molar-refractivity contribution in [3.63, 3.8) is 0 Å². The lowest BCUT2D eigenvalue weighted by molar-refractivity contribution is -0.117. The molecule has 1 aliphatic heterocycles. The van der Waals surface area contributed by atoms with Crippen molar-refractivity contribution in [2.75, 3.05) is 25.1 Å². The van der Waals surface area contributed by atoms with E-state index in [9.17, 15) is 4.79 Å². The first-order valence-corrected chi connectivity index (χ1v) is 5.84. The fourth-order valence-corrected chi connectivity index (χ4v) is 2.08. The summed E-state index contributed by atoms with van der Waals surface area (Å²) in [6.07, 6.45) is 0.508. The van der Waals surface area contributed by atoms with Gasteiger partial charge >= 0.3 is 0 Å². The molecule has 0 spiro atoms. The quantitative estimate of drug-likeness (QED) is 0.852. The Kier molecular flexibility index (Phi) is 3.45. The van der Waals surface area contributed by atoms with Crippen molar-refractivity contribution in [2.24, 2.45) is 5.73 Å². The zero-order valence-electron chi connectivity index (χ0n) is 10.3. The largest absolute Gasteiger partial charge is 0.373 e. The van der Waals surface area contributed by atoms with Crippen LogP contribution >= 0.6 is 0 Å². The van der Waals surface area contributed by atoms with Crippen molar-refractivity contribution < 1.29 is 9.53 Å². The van der Waals surface area contributed by atoms with E-state index >= 15 is 0 Å². The van der Waals surface area contributed by atoms with Gasteiger partial charge in [-0.25, -0.2) is 0 Å². The summed E-state index contributed by atoms with van der Waals surface area (Å²) in [7, 11) is 1.81. The molecule has 92 valence electrons. The molecule has 1 unspecified atom stereocenters. The topological polar surface area (TPSA) is 55.6 Å². The molecule has 0 saturated carbocycles. The van der Waals surface area contributed by atoms with Crippen LogP contribution in [-0.4, -0.2) is 26.1 Å². The van der Waals surface area contributed by atoms with Crippen molar-refractivity contribution >= 4 is 11.6 Å². The SMILES string of the molecule is CC(OCCN)c1ccc2c(c1)CC(=O)N2C. The predicted molar refractivity (Wildman–Crippen MR) is 67.0 cm³/mol. The first-order valence-electron chi connectivity index (χ1n) is 5.84. The number of fused-ring (bicyclic) bond motifs is 1. The number of hydrogen-bond acceptors (Lipinski definition) is 3. The normalized spacial score (nSPS) is 16.2. The molecule has 0 bridgehead atoms. The summed E-state index contributed by atoms with van der Waals surface area (Å²) in [6.45, 7) is 3.07. The number of ether oxygens (including phenoxy) is 1. The molecule has 0 fully saturated rings. The number of anilines is 1. The Morgan fingerprint density at radius 1 is 1.53 bits per heavy atom. The van der Waals surface area contributed by atoms with Gasteiger partial charge in [0.05, 0.1) is 19.1 Å². The van der Waals surface area contributed by atoms with E-state index in [1.165, 1.54) is 0 Å². The van der Waals surface area contributed by atoms with Crippen LogP contribution in [0.15, 0.2) is 18.2 Å². The minimum Gasteiger partial charge on any atom is -0.373 e. The number of hydrogen-bond donors (Lipinski definition) is 1. The molecule has 0 aliphatic carbocycles. The predicted octanol–water partition coefficient (Wildman–Crippen LogP) is 1.24. The van der Waals surface area contributed by atoms with Crippen LogP contribution in [0.4, 0.5) is 5.69 Å². The summed E-state index contributed by atoms with van der Waals surface area (Å²) in [5.74, 6) is 0.146. The number of carbonyl (C=O) groups is 1. The Morgan fingerprint density at radius 3 is 3.00 bits per heavy atom. The number of amides is 1. The van der Waals surface area contributed by atoms with Crippen LogP contribution < -0.4 is 10.6 Å². The van der Waals surface area contributed by atoms with E-state index in [4.69, 9.17) is 10.5 Å². The van der Waals surface area contributed by atoms with Crippen LogP contribution in [0.2, 0.25) is 0 Å². The molecule has 4 nitrogen and oxygen atoms in total. The molecule has 1 heterocycles. The van der Waals surface area contributed by atoms with Crippen LogP contribution in [0.3, 0.4) is 0 Å². The van der Waals surface area contributed by atoms with Crippen molar-refractivity contribution in [2.45, 2.75) is 19.4 Å². The maximum Gasteiger partial charge on any atom is 0.231 e. The Morgan fingerprint density at radius 2 is 2.29 bits per heavy atom. The number of nitrogens with two attached hydrogens (primary N) is 1. The lowest BCUT2D eigenvalue weighted by atomic mass is 10.0. The van der Waals surface area contributed by atoms with E-state index in [0.29, 0.717) is 19.6 Å². The third-order valence-corrected chi connectivity index (χ3v) is 3.14. The highest BCUT2D eigenvalue weighted by Crippen LogP contribution is 2.30. The molecule has 1 aromatic rings. The summed E-state index contributed by atoms with van der Waals surface area (Å²) in [5.41, 5.74) is 8.59. The van der Waals surface area contributed by atoms with E-state index in [-0.39, 0.29) is 12.0 Å². The van der Waals surface area contributed by atoms with Crippen molar-refractivity contribution in [3.05, 3.63) is 29.3 Å². The molecule has 1 aliphatic rings. The number of nitrogens with zero attached hydrogens (tertiary/aromatic N) is 1. The van der Waals surface area contributed by atoms with Crippen molar-refractivity contribution in [1.82, 2.24) is 0 Å². The van der Waals surface area contributed by atoms with Gasteiger partial charge in [0.15, 0.2) is 0 Å². The first kappa shape index (κ1) is 12.1. The second-order valence-electron chi connectivity index (χ2n) is 4.32. The van der Waals surface area contributed by atoms with Gasteiger partial charge < -0.3 is 15.4 Å². The Labute approximate surface area is 101 Å². The van der Waals surface area contributed by atoms with Gasteiger partial charge in [-0.3, -0.25) is 4.79 Å². The maximum absolute atomic E-state index is 11.6. The molecule has 1 atom stereocenters. The summed E-state index contributed by atoms with van der Waals surface area (Å²) in [6, 6.07) is 6.05. The fourth-order valence-electron chi connectivity index (χ4n) is 2.08. The summed E-state index contributed by atoms with van der Waals surface area (Å²) < 4.78 is 5.57. The Bertz CT molecular complexity index is 431. The number of carbonyl (C=O) groups excluding carboxylic acids is 1. The number of rotatable bonds is 4. The molecule has 4 heteroatoms. The molecule has 0 saturated heterocycles. The van der Waals surface area contributed by atoms with Gasteiger partial charge in [0.1, 0.15) is 0 Å². The molecule has 1 aromatic carbocycles. The van der Waals surface area contributed by atoms with Crippen LogP contribution in [0, 0.1) is 0 Å². The molecule has 1 amide bonds. The molecular formula is C13H18N2O2.